The number of aliphatic imine (C=N–C) groups is 1. The average Bonchev–Trinajstić information content (AvgIpc) is 2.89. The number of aromatic nitrogens is 2. The fourth-order valence-electron chi connectivity index (χ4n) is 5.43. The minimum Gasteiger partial charge on any atom is -0.409 e. The molecule has 2 atom stereocenters. The van der Waals surface area contributed by atoms with Gasteiger partial charge in [0.2, 0.25) is 11.7 Å². The summed E-state index contributed by atoms with van der Waals surface area (Å²) in [5, 5.41) is 19.6. The lowest BCUT2D eigenvalue weighted by Gasteiger charge is -2.36. The summed E-state index contributed by atoms with van der Waals surface area (Å²) in [6.45, 7) is 9.25. The molecule has 1 heterocycles. The minimum atomic E-state index is -0.253. The fourth-order valence-corrected chi connectivity index (χ4v) is 5.43. The highest BCUT2D eigenvalue weighted by molar-refractivity contribution is 5.95. The second-order valence-corrected chi connectivity index (χ2v) is 10.7. The first-order valence-electron chi connectivity index (χ1n) is 13.8. The third kappa shape index (κ3) is 6.78. The smallest absolute Gasteiger partial charge is 0.208 e. The van der Waals surface area contributed by atoms with Gasteiger partial charge in [-0.3, -0.25) is 5.32 Å². The van der Waals surface area contributed by atoms with E-state index in [1.807, 2.05) is 13.0 Å². The number of amidine groups is 1. The minimum absolute atomic E-state index is 0.0811. The summed E-state index contributed by atoms with van der Waals surface area (Å²) in [6.07, 6.45) is 9.63. The van der Waals surface area contributed by atoms with E-state index in [1.54, 1.807) is 12.1 Å². The van der Waals surface area contributed by atoms with Crippen LogP contribution < -0.4 is 21.3 Å². The maximum atomic E-state index is 13.9. The Labute approximate surface area is 224 Å². The normalized spacial score (nSPS) is 18.4. The molecule has 5 N–H and O–H groups in total. The van der Waals surface area contributed by atoms with Crippen LogP contribution in [0.4, 0.5) is 21.7 Å². The van der Waals surface area contributed by atoms with Crippen molar-refractivity contribution in [1.82, 2.24) is 15.3 Å². The highest BCUT2D eigenvalue weighted by Gasteiger charge is 2.29. The van der Waals surface area contributed by atoms with Crippen molar-refractivity contribution in [3.63, 3.8) is 0 Å². The van der Waals surface area contributed by atoms with E-state index in [0.717, 1.165) is 30.6 Å². The number of oxime groups is 1. The Hall–Kier alpha value is -3.27. The lowest BCUT2D eigenvalue weighted by Crippen LogP contribution is -2.40. The number of hydrogen-bond acceptors (Lipinski definition) is 8. The third-order valence-electron chi connectivity index (χ3n) is 8.03. The van der Waals surface area contributed by atoms with Crippen LogP contribution in [0.3, 0.4) is 0 Å². The summed E-state index contributed by atoms with van der Waals surface area (Å²) < 4.78 is 13.9. The summed E-state index contributed by atoms with van der Waals surface area (Å²) in [6, 6.07) is 6.77. The molecule has 38 heavy (non-hydrogen) atoms. The zero-order valence-corrected chi connectivity index (χ0v) is 22.5. The van der Waals surface area contributed by atoms with Crippen LogP contribution in [0.25, 0.3) is 0 Å². The largest absolute Gasteiger partial charge is 0.409 e. The Morgan fingerprint density at radius 3 is 2.58 bits per heavy atom. The number of nitrogens with one attached hydrogen (secondary N) is 2. The quantitative estimate of drug-likeness (QED) is 0.0971. The van der Waals surface area contributed by atoms with Crippen LogP contribution in [0.1, 0.15) is 82.6 Å². The molecule has 2 saturated carbocycles. The molecule has 4 rings (SSSR count). The Bertz CT molecular complexity index is 1120. The van der Waals surface area contributed by atoms with Gasteiger partial charge in [0, 0.05) is 18.6 Å². The molecule has 2 fully saturated rings. The molecule has 0 unspecified atom stereocenters. The topological polar surface area (TPSA) is 124 Å². The zero-order chi connectivity index (χ0) is 27.1. The van der Waals surface area contributed by atoms with Crippen molar-refractivity contribution in [3.8, 4) is 0 Å². The molecule has 206 valence electrons. The van der Waals surface area contributed by atoms with Crippen LogP contribution in [-0.2, 0) is 0 Å². The van der Waals surface area contributed by atoms with Crippen molar-refractivity contribution in [1.29, 1.82) is 0 Å². The Balaban J connectivity index is 1.69. The molecule has 0 aliphatic heterocycles. The second kappa shape index (κ2) is 13.0. The van der Waals surface area contributed by atoms with Gasteiger partial charge in [-0.2, -0.15) is 0 Å². The fraction of sp³-hybridized carbons (Fsp3) is 0.571. The number of benzene rings is 1. The van der Waals surface area contributed by atoms with Crippen LogP contribution in [0.5, 0.6) is 0 Å². The molecule has 2 aliphatic rings. The highest BCUT2D eigenvalue weighted by Crippen LogP contribution is 2.38. The van der Waals surface area contributed by atoms with Gasteiger partial charge in [-0.05, 0) is 75.8 Å². The molecule has 10 heteroatoms. The molecule has 0 amide bonds. The summed E-state index contributed by atoms with van der Waals surface area (Å²) in [4.78, 5) is 15.7. The van der Waals surface area contributed by atoms with Gasteiger partial charge in [-0.1, -0.05) is 43.0 Å². The summed E-state index contributed by atoms with van der Waals surface area (Å²) >= 11 is 0. The van der Waals surface area contributed by atoms with Crippen LogP contribution in [0, 0.1) is 17.7 Å². The van der Waals surface area contributed by atoms with Crippen LogP contribution >= 0.6 is 0 Å². The van der Waals surface area contributed by atoms with E-state index < -0.39 is 0 Å². The van der Waals surface area contributed by atoms with E-state index in [-0.39, 0.29) is 29.6 Å². The van der Waals surface area contributed by atoms with Crippen molar-refractivity contribution < 1.29 is 9.60 Å². The van der Waals surface area contributed by atoms with E-state index in [9.17, 15) is 9.60 Å². The van der Waals surface area contributed by atoms with Crippen molar-refractivity contribution in [2.24, 2.45) is 27.7 Å². The number of nitrogens with two attached hydrogens (primary N) is 1. The maximum Gasteiger partial charge on any atom is 0.208 e. The van der Waals surface area contributed by atoms with Crippen LogP contribution in [0.2, 0.25) is 0 Å². The van der Waals surface area contributed by atoms with E-state index >= 15 is 0 Å². The average molecular weight is 525 g/mol. The molecular weight excluding hydrogens is 483 g/mol. The Kier molecular flexibility index (Phi) is 9.49. The molecular formula is C28H41FN8O. The number of nitrogens with zero attached hydrogens (tertiary/aromatic N) is 5. The lowest BCUT2D eigenvalue weighted by atomic mass is 9.80. The second-order valence-electron chi connectivity index (χ2n) is 10.7. The third-order valence-corrected chi connectivity index (χ3v) is 8.03. The van der Waals surface area contributed by atoms with E-state index in [2.05, 4.69) is 44.3 Å². The predicted molar refractivity (Wildman–Crippen MR) is 151 cm³/mol. The molecule has 1 aromatic carbocycles. The van der Waals surface area contributed by atoms with Gasteiger partial charge in [0.05, 0.1) is 6.67 Å². The van der Waals surface area contributed by atoms with Crippen molar-refractivity contribution in [3.05, 3.63) is 41.5 Å². The van der Waals surface area contributed by atoms with Crippen molar-refractivity contribution in [2.45, 2.75) is 77.3 Å². The highest BCUT2D eigenvalue weighted by atomic mass is 19.1. The van der Waals surface area contributed by atoms with E-state index in [1.165, 1.54) is 44.6 Å². The summed E-state index contributed by atoms with van der Waals surface area (Å²) in [5.41, 5.74) is 7.51. The standard InChI is InChI=1S/C28H41FN8O/c1-18(22-13-8-14-23(29)15-22)32-17-37(16-20-9-5-4-6-10-20)24-26(31-3)34-28(25(30)36-38)35-27(24)33-19(2)21-11-7-12-21/h8,13-15,18-21,32,38H,3-7,9-12,16-17H2,1-2H3,(H2,30,36)(H,33,34,35)/t18-,19+/m0/s1. The predicted octanol–water partition coefficient (Wildman–Crippen LogP) is 5.34. The number of anilines is 2. The van der Waals surface area contributed by atoms with E-state index in [0.29, 0.717) is 30.1 Å². The van der Waals surface area contributed by atoms with E-state index in [4.69, 9.17) is 10.7 Å². The zero-order valence-electron chi connectivity index (χ0n) is 22.5. The van der Waals surface area contributed by atoms with Gasteiger partial charge in [0.15, 0.2) is 11.6 Å². The molecule has 0 saturated heterocycles. The first kappa shape index (κ1) is 27.8. The lowest BCUT2D eigenvalue weighted by molar-refractivity contribution is 0.285. The van der Waals surface area contributed by atoms with Gasteiger partial charge in [0.25, 0.3) is 0 Å². The van der Waals surface area contributed by atoms with Gasteiger partial charge < -0.3 is 21.2 Å². The number of hydrogen-bond donors (Lipinski definition) is 4. The monoisotopic (exact) mass is 524 g/mol. The van der Waals surface area contributed by atoms with Crippen LogP contribution in [0.15, 0.2) is 34.4 Å². The van der Waals surface area contributed by atoms with Gasteiger partial charge in [-0.15, -0.1) is 0 Å². The van der Waals surface area contributed by atoms with Gasteiger partial charge in [-0.25, -0.2) is 19.4 Å². The van der Waals surface area contributed by atoms with Gasteiger partial charge >= 0.3 is 0 Å². The van der Waals surface area contributed by atoms with Crippen molar-refractivity contribution >= 4 is 29.9 Å². The first-order chi connectivity index (χ1) is 18.4. The molecule has 0 spiro atoms. The Morgan fingerprint density at radius 1 is 1.18 bits per heavy atom. The summed E-state index contributed by atoms with van der Waals surface area (Å²) in [5.74, 6) is 1.71. The molecule has 0 bridgehead atoms. The Morgan fingerprint density at radius 2 is 1.95 bits per heavy atom. The van der Waals surface area contributed by atoms with Gasteiger partial charge in [0.1, 0.15) is 11.5 Å². The molecule has 1 aromatic heterocycles. The molecule has 0 radical (unpaired) electrons. The maximum absolute atomic E-state index is 13.9. The van der Waals surface area contributed by atoms with Crippen molar-refractivity contribution in [2.75, 3.05) is 23.4 Å². The molecule has 2 aliphatic carbocycles. The molecule has 9 nitrogen and oxygen atoms in total. The summed E-state index contributed by atoms with van der Waals surface area (Å²) in [7, 11) is 0. The van der Waals surface area contributed by atoms with Crippen LogP contribution in [-0.4, -0.2) is 47.0 Å². The number of rotatable bonds is 12. The first-order valence-corrected chi connectivity index (χ1v) is 13.8. The molecule has 2 aromatic rings. The number of halogens is 1. The SMILES string of the molecule is C=Nc1nc(/C(N)=N/O)nc(N[C@H](C)C2CCC2)c1N(CN[C@@H](C)c1cccc(F)c1)CC1CCCCC1.